The Morgan fingerprint density at radius 1 is 1.26 bits per heavy atom. The second kappa shape index (κ2) is 6.35. The van der Waals surface area contributed by atoms with Crippen LogP contribution in [0.5, 0.6) is 0 Å². The van der Waals surface area contributed by atoms with E-state index in [1.54, 1.807) is 0 Å². The van der Waals surface area contributed by atoms with Crippen LogP contribution < -0.4 is 5.32 Å². The van der Waals surface area contributed by atoms with Crippen molar-refractivity contribution in [2.45, 2.75) is 39.9 Å². The molecule has 3 nitrogen and oxygen atoms in total. The summed E-state index contributed by atoms with van der Waals surface area (Å²) in [5.74, 6) is 1.06. The van der Waals surface area contributed by atoms with Crippen LogP contribution in [0.15, 0.2) is 34.9 Å². The molecular weight excluding hydrogens is 302 g/mol. The molecule has 0 aliphatic carbocycles. The Labute approximate surface area is 123 Å². The SMILES string of the molecule is Cc1ncc(CNC(C)C)n1Cc1ccc(Br)cc1. The first kappa shape index (κ1) is 14.3. The minimum absolute atomic E-state index is 0.483. The number of rotatable bonds is 5. The summed E-state index contributed by atoms with van der Waals surface area (Å²) in [5.41, 5.74) is 2.52. The molecule has 4 heteroatoms. The van der Waals surface area contributed by atoms with Crippen LogP contribution >= 0.6 is 15.9 Å². The van der Waals surface area contributed by atoms with Crippen LogP contribution in [-0.2, 0) is 13.1 Å². The molecule has 0 amide bonds. The normalized spacial score (nSPS) is 11.2. The highest BCUT2D eigenvalue weighted by molar-refractivity contribution is 9.10. The third-order valence-electron chi connectivity index (χ3n) is 3.08. The van der Waals surface area contributed by atoms with Gasteiger partial charge in [0, 0.05) is 29.8 Å². The van der Waals surface area contributed by atoms with Gasteiger partial charge in [-0.05, 0) is 24.6 Å². The van der Waals surface area contributed by atoms with Gasteiger partial charge in [-0.25, -0.2) is 4.98 Å². The minimum Gasteiger partial charge on any atom is -0.327 e. The van der Waals surface area contributed by atoms with Crippen molar-refractivity contribution in [3.63, 3.8) is 0 Å². The van der Waals surface area contributed by atoms with Crippen molar-refractivity contribution >= 4 is 15.9 Å². The van der Waals surface area contributed by atoms with Crippen LogP contribution in [0.3, 0.4) is 0 Å². The third kappa shape index (κ3) is 3.91. The molecule has 0 radical (unpaired) electrons. The molecule has 0 aliphatic rings. The molecule has 102 valence electrons. The van der Waals surface area contributed by atoms with Gasteiger partial charge in [-0.3, -0.25) is 0 Å². The van der Waals surface area contributed by atoms with E-state index in [1.165, 1.54) is 11.3 Å². The van der Waals surface area contributed by atoms with Crippen LogP contribution in [-0.4, -0.2) is 15.6 Å². The molecule has 2 aromatic rings. The zero-order chi connectivity index (χ0) is 13.8. The van der Waals surface area contributed by atoms with E-state index in [2.05, 4.69) is 75.8 Å². The molecule has 19 heavy (non-hydrogen) atoms. The zero-order valence-electron chi connectivity index (χ0n) is 11.7. The van der Waals surface area contributed by atoms with Gasteiger partial charge >= 0.3 is 0 Å². The summed E-state index contributed by atoms with van der Waals surface area (Å²) >= 11 is 3.46. The smallest absolute Gasteiger partial charge is 0.106 e. The van der Waals surface area contributed by atoms with Gasteiger partial charge in [0.2, 0.25) is 0 Å². The zero-order valence-corrected chi connectivity index (χ0v) is 13.2. The lowest BCUT2D eigenvalue weighted by Crippen LogP contribution is -2.23. The Morgan fingerprint density at radius 2 is 1.95 bits per heavy atom. The molecule has 0 spiro atoms. The molecule has 1 aromatic carbocycles. The number of nitrogens with zero attached hydrogens (tertiary/aromatic N) is 2. The van der Waals surface area contributed by atoms with Crippen molar-refractivity contribution in [1.29, 1.82) is 0 Å². The molecule has 0 fully saturated rings. The summed E-state index contributed by atoms with van der Waals surface area (Å²) in [5, 5.41) is 3.44. The summed E-state index contributed by atoms with van der Waals surface area (Å²) in [6, 6.07) is 8.92. The fourth-order valence-electron chi connectivity index (χ4n) is 1.95. The van der Waals surface area contributed by atoms with Gasteiger partial charge in [0.1, 0.15) is 5.82 Å². The lowest BCUT2D eigenvalue weighted by atomic mass is 10.2. The average Bonchev–Trinajstić information content (AvgIpc) is 2.71. The van der Waals surface area contributed by atoms with Crippen LogP contribution in [0.2, 0.25) is 0 Å². The fraction of sp³-hybridized carbons (Fsp3) is 0.400. The maximum atomic E-state index is 4.42. The Hall–Kier alpha value is -1.13. The minimum atomic E-state index is 0.483. The predicted molar refractivity (Wildman–Crippen MR) is 82.2 cm³/mol. The highest BCUT2D eigenvalue weighted by Crippen LogP contribution is 2.14. The van der Waals surface area contributed by atoms with Gasteiger partial charge in [0.25, 0.3) is 0 Å². The molecule has 0 unspecified atom stereocenters. The standard InChI is InChI=1S/C15H20BrN3/c1-11(2)17-8-15-9-18-12(3)19(15)10-13-4-6-14(16)7-5-13/h4-7,9,11,17H,8,10H2,1-3H3. The van der Waals surface area contributed by atoms with Gasteiger partial charge in [0.05, 0.1) is 5.69 Å². The summed E-state index contributed by atoms with van der Waals surface area (Å²) in [7, 11) is 0. The molecule has 0 aliphatic heterocycles. The monoisotopic (exact) mass is 321 g/mol. The van der Waals surface area contributed by atoms with Crippen molar-refractivity contribution in [3.05, 3.63) is 52.0 Å². The molecule has 0 saturated heterocycles. The number of nitrogens with one attached hydrogen (secondary N) is 1. The first-order chi connectivity index (χ1) is 9.06. The van der Waals surface area contributed by atoms with Gasteiger partial charge in [-0.1, -0.05) is 41.9 Å². The van der Waals surface area contributed by atoms with Crippen LogP contribution in [0, 0.1) is 6.92 Å². The second-order valence-corrected chi connectivity index (χ2v) is 5.96. The first-order valence-corrected chi connectivity index (χ1v) is 7.34. The van der Waals surface area contributed by atoms with Crippen LogP contribution in [0.1, 0.15) is 30.9 Å². The topological polar surface area (TPSA) is 29.9 Å². The van der Waals surface area contributed by atoms with E-state index in [9.17, 15) is 0 Å². The Kier molecular flexibility index (Phi) is 4.77. The largest absolute Gasteiger partial charge is 0.327 e. The summed E-state index contributed by atoms with van der Waals surface area (Å²) in [6.45, 7) is 8.09. The van der Waals surface area contributed by atoms with E-state index in [-0.39, 0.29) is 0 Å². The molecule has 0 saturated carbocycles. The predicted octanol–water partition coefficient (Wildman–Crippen LogP) is 3.50. The van der Waals surface area contributed by atoms with E-state index >= 15 is 0 Å². The fourth-order valence-corrected chi connectivity index (χ4v) is 2.22. The Morgan fingerprint density at radius 3 is 2.58 bits per heavy atom. The highest BCUT2D eigenvalue weighted by Gasteiger charge is 2.07. The number of aromatic nitrogens is 2. The maximum absolute atomic E-state index is 4.42. The van der Waals surface area contributed by atoms with Crippen LogP contribution in [0.4, 0.5) is 0 Å². The lowest BCUT2D eigenvalue weighted by Gasteiger charge is -2.13. The van der Waals surface area contributed by atoms with Gasteiger partial charge in [-0.15, -0.1) is 0 Å². The maximum Gasteiger partial charge on any atom is 0.106 e. The van der Waals surface area contributed by atoms with E-state index in [1.807, 2.05) is 6.20 Å². The molecule has 1 aromatic heterocycles. The van der Waals surface area contributed by atoms with Gasteiger partial charge in [0.15, 0.2) is 0 Å². The average molecular weight is 322 g/mol. The van der Waals surface area contributed by atoms with E-state index in [4.69, 9.17) is 0 Å². The van der Waals surface area contributed by atoms with E-state index in [0.717, 1.165) is 23.4 Å². The number of benzene rings is 1. The number of halogens is 1. The van der Waals surface area contributed by atoms with Crippen molar-refractivity contribution in [2.24, 2.45) is 0 Å². The Bertz CT molecular complexity index is 529. The van der Waals surface area contributed by atoms with Gasteiger partial charge in [-0.2, -0.15) is 0 Å². The van der Waals surface area contributed by atoms with Crippen molar-refractivity contribution in [3.8, 4) is 0 Å². The number of aryl methyl sites for hydroxylation is 1. The number of hydrogen-bond acceptors (Lipinski definition) is 2. The highest BCUT2D eigenvalue weighted by atomic mass is 79.9. The summed E-state index contributed by atoms with van der Waals surface area (Å²) in [6.07, 6.45) is 1.96. The summed E-state index contributed by atoms with van der Waals surface area (Å²) < 4.78 is 3.37. The second-order valence-electron chi connectivity index (χ2n) is 5.04. The van der Waals surface area contributed by atoms with Crippen molar-refractivity contribution in [1.82, 2.24) is 14.9 Å². The molecule has 0 atom stereocenters. The number of imidazole rings is 1. The van der Waals surface area contributed by atoms with Crippen LogP contribution in [0.25, 0.3) is 0 Å². The number of hydrogen-bond donors (Lipinski definition) is 1. The lowest BCUT2D eigenvalue weighted by molar-refractivity contribution is 0.562. The molecule has 1 N–H and O–H groups in total. The molecule has 0 bridgehead atoms. The van der Waals surface area contributed by atoms with E-state index < -0.39 is 0 Å². The Balaban J connectivity index is 2.14. The molecule has 1 heterocycles. The molecular formula is C15H20BrN3. The first-order valence-electron chi connectivity index (χ1n) is 6.55. The van der Waals surface area contributed by atoms with Crippen molar-refractivity contribution in [2.75, 3.05) is 0 Å². The molecule has 2 rings (SSSR count). The quantitative estimate of drug-likeness (QED) is 0.913. The van der Waals surface area contributed by atoms with Gasteiger partial charge < -0.3 is 9.88 Å². The summed E-state index contributed by atoms with van der Waals surface area (Å²) in [4.78, 5) is 4.42. The third-order valence-corrected chi connectivity index (χ3v) is 3.61. The van der Waals surface area contributed by atoms with E-state index in [0.29, 0.717) is 6.04 Å². The van der Waals surface area contributed by atoms with Crippen molar-refractivity contribution < 1.29 is 0 Å².